The normalized spacial score (nSPS) is 35.7. The number of carbonyl (C=O) groups is 1. The van der Waals surface area contributed by atoms with Crippen LogP contribution in [-0.4, -0.2) is 29.8 Å². The van der Waals surface area contributed by atoms with Crippen LogP contribution >= 0.6 is 0 Å². The highest BCUT2D eigenvalue weighted by atomic mass is 16.3. The molecule has 0 spiro atoms. The molecule has 0 aliphatic heterocycles. The van der Waals surface area contributed by atoms with Gasteiger partial charge in [0.15, 0.2) is 0 Å². The second kappa shape index (κ2) is 7.13. The zero-order valence-electron chi connectivity index (χ0n) is 12.0. The van der Waals surface area contributed by atoms with Crippen molar-refractivity contribution in [3.05, 3.63) is 0 Å². The number of amides is 2. The van der Waals surface area contributed by atoms with E-state index >= 15 is 0 Å². The Balaban J connectivity index is 1.64. The van der Waals surface area contributed by atoms with Gasteiger partial charge in [-0.25, -0.2) is 4.79 Å². The van der Waals surface area contributed by atoms with Gasteiger partial charge in [-0.3, -0.25) is 0 Å². The van der Waals surface area contributed by atoms with Crippen molar-refractivity contribution in [1.29, 1.82) is 0 Å². The molecular formula is C15H28N2O2. The van der Waals surface area contributed by atoms with Gasteiger partial charge in [-0.15, -0.1) is 0 Å². The number of hydrogen-bond donors (Lipinski definition) is 3. The Bertz CT molecular complexity index is 280. The average molecular weight is 268 g/mol. The molecule has 0 bridgehead atoms. The van der Waals surface area contributed by atoms with Crippen LogP contribution in [0.15, 0.2) is 0 Å². The minimum absolute atomic E-state index is 0.00648. The molecule has 19 heavy (non-hydrogen) atoms. The van der Waals surface area contributed by atoms with E-state index in [0.29, 0.717) is 24.6 Å². The summed E-state index contributed by atoms with van der Waals surface area (Å²) >= 11 is 0. The van der Waals surface area contributed by atoms with Gasteiger partial charge >= 0.3 is 6.03 Å². The fourth-order valence-electron chi connectivity index (χ4n) is 3.31. The molecule has 2 saturated carbocycles. The molecule has 0 radical (unpaired) electrons. The Morgan fingerprint density at radius 3 is 1.89 bits per heavy atom. The van der Waals surface area contributed by atoms with Crippen molar-refractivity contribution in [2.75, 3.05) is 6.61 Å². The number of hydrogen-bond acceptors (Lipinski definition) is 2. The minimum Gasteiger partial charge on any atom is -0.396 e. The lowest BCUT2D eigenvalue weighted by Crippen LogP contribution is -2.48. The van der Waals surface area contributed by atoms with Gasteiger partial charge < -0.3 is 15.7 Å². The number of nitrogens with one attached hydrogen (secondary N) is 2. The van der Waals surface area contributed by atoms with Crippen LogP contribution in [0.1, 0.15) is 58.3 Å². The predicted octanol–water partition coefficient (Wildman–Crippen LogP) is 2.42. The lowest BCUT2D eigenvalue weighted by atomic mass is 9.86. The molecule has 0 aromatic heterocycles. The summed E-state index contributed by atoms with van der Waals surface area (Å²) < 4.78 is 0. The van der Waals surface area contributed by atoms with Crippen LogP contribution in [0.25, 0.3) is 0 Å². The second-order valence-corrected chi connectivity index (χ2v) is 6.47. The number of rotatable bonds is 3. The van der Waals surface area contributed by atoms with Crippen LogP contribution < -0.4 is 10.6 Å². The number of aliphatic hydroxyl groups excluding tert-OH is 1. The maximum absolute atomic E-state index is 11.9. The van der Waals surface area contributed by atoms with Gasteiger partial charge in [0.05, 0.1) is 0 Å². The number of urea groups is 1. The van der Waals surface area contributed by atoms with E-state index in [4.69, 9.17) is 5.11 Å². The summed E-state index contributed by atoms with van der Waals surface area (Å²) in [6.07, 6.45) is 8.75. The topological polar surface area (TPSA) is 61.4 Å². The Morgan fingerprint density at radius 1 is 0.947 bits per heavy atom. The zero-order valence-corrected chi connectivity index (χ0v) is 12.0. The van der Waals surface area contributed by atoms with E-state index in [1.165, 1.54) is 12.8 Å². The van der Waals surface area contributed by atoms with Crippen LogP contribution in [0.3, 0.4) is 0 Å². The van der Waals surface area contributed by atoms with Gasteiger partial charge in [0.1, 0.15) is 0 Å². The molecule has 2 aliphatic rings. The van der Waals surface area contributed by atoms with Gasteiger partial charge in [0.25, 0.3) is 0 Å². The molecule has 2 amide bonds. The van der Waals surface area contributed by atoms with Crippen LogP contribution in [0, 0.1) is 11.8 Å². The Hall–Kier alpha value is -0.770. The predicted molar refractivity (Wildman–Crippen MR) is 75.9 cm³/mol. The minimum atomic E-state index is 0.00648. The molecule has 110 valence electrons. The molecule has 3 N–H and O–H groups in total. The molecule has 4 nitrogen and oxygen atoms in total. The van der Waals surface area contributed by atoms with Crippen LogP contribution in [0.5, 0.6) is 0 Å². The standard InChI is InChI=1S/C15H28N2O2/c1-11-2-6-13(7-3-11)16-15(19)17-14-8-4-12(10-18)5-9-14/h11-14,18H,2-10H2,1H3,(H2,16,17,19). The summed E-state index contributed by atoms with van der Waals surface area (Å²) in [6.45, 7) is 2.58. The number of carbonyl (C=O) groups excluding carboxylic acids is 1. The summed E-state index contributed by atoms with van der Waals surface area (Å²) in [4.78, 5) is 11.9. The van der Waals surface area contributed by atoms with Crippen molar-refractivity contribution in [1.82, 2.24) is 10.6 Å². The highest BCUT2D eigenvalue weighted by molar-refractivity contribution is 5.74. The Morgan fingerprint density at radius 2 is 1.42 bits per heavy atom. The van der Waals surface area contributed by atoms with Gasteiger partial charge in [0.2, 0.25) is 0 Å². The summed E-state index contributed by atoms with van der Waals surface area (Å²) in [5.41, 5.74) is 0. The first kappa shape index (κ1) is 14.6. The fourth-order valence-corrected chi connectivity index (χ4v) is 3.31. The van der Waals surface area contributed by atoms with Crippen molar-refractivity contribution in [2.45, 2.75) is 70.4 Å². The average Bonchev–Trinajstić information content (AvgIpc) is 2.42. The van der Waals surface area contributed by atoms with Crippen molar-refractivity contribution in [2.24, 2.45) is 11.8 Å². The monoisotopic (exact) mass is 268 g/mol. The second-order valence-electron chi connectivity index (χ2n) is 6.47. The zero-order chi connectivity index (χ0) is 13.7. The molecule has 0 heterocycles. The molecule has 2 aliphatic carbocycles. The van der Waals surface area contributed by atoms with Crippen LogP contribution in [0.4, 0.5) is 4.79 Å². The van der Waals surface area contributed by atoms with E-state index in [1.807, 2.05) is 0 Å². The van der Waals surface area contributed by atoms with Crippen molar-refractivity contribution >= 4 is 6.03 Å². The van der Waals surface area contributed by atoms with Crippen LogP contribution in [0.2, 0.25) is 0 Å². The number of aliphatic hydroxyl groups is 1. The first-order chi connectivity index (χ1) is 9.17. The largest absolute Gasteiger partial charge is 0.396 e. The van der Waals surface area contributed by atoms with Crippen molar-refractivity contribution in [3.8, 4) is 0 Å². The summed E-state index contributed by atoms with van der Waals surface area (Å²) in [5, 5.41) is 15.3. The van der Waals surface area contributed by atoms with Crippen molar-refractivity contribution in [3.63, 3.8) is 0 Å². The quantitative estimate of drug-likeness (QED) is 0.736. The lowest BCUT2D eigenvalue weighted by Gasteiger charge is -2.30. The third kappa shape index (κ3) is 4.68. The molecule has 0 saturated heterocycles. The van der Waals surface area contributed by atoms with Crippen molar-refractivity contribution < 1.29 is 9.90 Å². The molecule has 0 aromatic carbocycles. The first-order valence-corrected chi connectivity index (χ1v) is 7.85. The maximum Gasteiger partial charge on any atom is 0.315 e. The molecule has 0 unspecified atom stereocenters. The summed E-state index contributed by atoms with van der Waals surface area (Å²) in [6, 6.07) is 0.669. The maximum atomic E-state index is 11.9. The molecule has 0 aromatic rings. The van der Waals surface area contributed by atoms with Gasteiger partial charge in [-0.05, 0) is 63.2 Å². The highest BCUT2D eigenvalue weighted by Crippen LogP contribution is 2.25. The summed E-state index contributed by atoms with van der Waals surface area (Å²) in [7, 11) is 0. The molecular weight excluding hydrogens is 240 g/mol. The SMILES string of the molecule is CC1CCC(NC(=O)NC2CCC(CO)CC2)CC1. The summed E-state index contributed by atoms with van der Waals surface area (Å²) in [5.74, 6) is 1.26. The van der Waals surface area contributed by atoms with E-state index in [2.05, 4.69) is 17.6 Å². The smallest absolute Gasteiger partial charge is 0.315 e. The van der Waals surface area contributed by atoms with E-state index in [-0.39, 0.29) is 6.03 Å². The van der Waals surface area contributed by atoms with Gasteiger partial charge in [-0.1, -0.05) is 6.92 Å². The van der Waals surface area contributed by atoms with Crippen LogP contribution in [-0.2, 0) is 0 Å². The van der Waals surface area contributed by atoms with E-state index in [9.17, 15) is 4.79 Å². The van der Waals surface area contributed by atoms with Gasteiger partial charge in [0, 0.05) is 18.7 Å². The molecule has 2 rings (SSSR count). The Kier molecular flexibility index (Phi) is 5.49. The third-order valence-corrected chi connectivity index (χ3v) is 4.79. The molecule has 4 heteroatoms. The third-order valence-electron chi connectivity index (χ3n) is 4.79. The highest BCUT2D eigenvalue weighted by Gasteiger charge is 2.24. The van der Waals surface area contributed by atoms with E-state index in [0.717, 1.165) is 44.4 Å². The molecule has 0 atom stereocenters. The van der Waals surface area contributed by atoms with E-state index in [1.54, 1.807) is 0 Å². The fraction of sp³-hybridized carbons (Fsp3) is 0.933. The van der Waals surface area contributed by atoms with Gasteiger partial charge in [-0.2, -0.15) is 0 Å². The molecule has 2 fully saturated rings. The Labute approximate surface area is 116 Å². The van der Waals surface area contributed by atoms with E-state index < -0.39 is 0 Å². The lowest BCUT2D eigenvalue weighted by molar-refractivity contribution is 0.173. The first-order valence-electron chi connectivity index (χ1n) is 7.85.